The van der Waals surface area contributed by atoms with E-state index >= 15 is 0 Å². The molecule has 0 aliphatic carbocycles. The average Bonchev–Trinajstić information content (AvgIpc) is 3.26. The molecule has 1 amide bonds. The van der Waals surface area contributed by atoms with E-state index in [0.29, 0.717) is 54.7 Å². The van der Waals surface area contributed by atoms with Gasteiger partial charge in [-0.1, -0.05) is 50.2 Å². The van der Waals surface area contributed by atoms with E-state index < -0.39 is 17.7 Å². The third-order valence-electron chi connectivity index (χ3n) is 7.58. The number of likely N-dealkylation sites (tertiary alicyclic amines) is 1. The zero-order valence-electron chi connectivity index (χ0n) is 25.1. The first kappa shape index (κ1) is 30.7. The van der Waals surface area contributed by atoms with Gasteiger partial charge in [0.25, 0.3) is 11.7 Å². The van der Waals surface area contributed by atoms with Crippen molar-refractivity contribution < 1.29 is 28.9 Å². The fraction of sp³-hybridized carbons (Fsp3) is 0.353. The van der Waals surface area contributed by atoms with Gasteiger partial charge >= 0.3 is 0 Å². The van der Waals surface area contributed by atoms with E-state index in [2.05, 4.69) is 18.7 Å². The number of aliphatic hydroxyl groups is 1. The summed E-state index contributed by atoms with van der Waals surface area (Å²) in [5.41, 5.74) is 2.96. The summed E-state index contributed by atoms with van der Waals surface area (Å²) in [6.45, 7) is 11.3. The van der Waals surface area contributed by atoms with Crippen molar-refractivity contribution >= 4 is 17.4 Å². The van der Waals surface area contributed by atoms with Crippen molar-refractivity contribution in [2.24, 2.45) is 0 Å². The molecule has 3 aromatic rings. The van der Waals surface area contributed by atoms with E-state index in [1.165, 1.54) is 0 Å². The van der Waals surface area contributed by atoms with Crippen LogP contribution in [0.3, 0.4) is 0 Å². The molecule has 4 rings (SSSR count). The maximum absolute atomic E-state index is 13.5. The molecule has 1 saturated heterocycles. The number of ether oxygens (including phenoxy) is 3. The minimum absolute atomic E-state index is 0.0445. The van der Waals surface area contributed by atoms with Crippen molar-refractivity contribution in [3.63, 3.8) is 0 Å². The molecular formula is C34H40N2O6. The second-order valence-corrected chi connectivity index (χ2v) is 10.1. The van der Waals surface area contributed by atoms with Crippen LogP contribution in [0.1, 0.15) is 49.1 Å². The first-order valence-electron chi connectivity index (χ1n) is 14.4. The molecule has 1 aliphatic heterocycles. The number of likely N-dealkylation sites (N-methyl/N-ethyl adjacent to an activating group) is 1. The maximum Gasteiger partial charge on any atom is 0.295 e. The van der Waals surface area contributed by atoms with Crippen molar-refractivity contribution in [2.75, 3.05) is 39.9 Å². The molecule has 8 nitrogen and oxygen atoms in total. The molecule has 0 spiro atoms. The monoisotopic (exact) mass is 572 g/mol. The zero-order valence-corrected chi connectivity index (χ0v) is 25.1. The Labute approximate surface area is 248 Å². The van der Waals surface area contributed by atoms with Gasteiger partial charge in [0.2, 0.25) is 0 Å². The molecule has 1 N–H and O–H groups in total. The summed E-state index contributed by atoms with van der Waals surface area (Å²) in [6, 6.07) is 19.7. The van der Waals surface area contributed by atoms with Crippen molar-refractivity contribution in [2.45, 2.75) is 40.3 Å². The summed E-state index contributed by atoms with van der Waals surface area (Å²) in [4.78, 5) is 30.7. The summed E-state index contributed by atoms with van der Waals surface area (Å²) in [5, 5.41) is 11.6. The third kappa shape index (κ3) is 6.60. The van der Waals surface area contributed by atoms with Crippen molar-refractivity contribution in [1.82, 2.24) is 9.80 Å². The Hall–Kier alpha value is -4.30. The van der Waals surface area contributed by atoms with Gasteiger partial charge in [-0.15, -0.1) is 0 Å². The highest BCUT2D eigenvalue weighted by molar-refractivity contribution is 6.46. The summed E-state index contributed by atoms with van der Waals surface area (Å²) < 4.78 is 17.3. The van der Waals surface area contributed by atoms with Gasteiger partial charge in [-0.3, -0.25) is 9.59 Å². The minimum atomic E-state index is -0.792. The predicted molar refractivity (Wildman–Crippen MR) is 163 cm³/mol. The number of rotatable bonds is 13. The predicted octanol–water partition coefficient (Wildman–Crippen LogP) is 5.74. The lowest BCUT2D eigenvalue weighted by atomic mass is 9.94. The van der Waals surface area contributed by atoms with Crippen LogP contribution in [0.2, 0.25) is 0 Å². The van der Waals surface area contributed by atoms with E-state index in [4.69, 9.17) is 14.2 Å². The second kappa shape index (κ2) is 14.0. The number of amides is 1. The van der Waals surface area contributed by atoms with Crippen LogP contribution in [0.5, 0.6) is 17.2 Å². The Morgan fingerprint density at radius 2 is 1.62 bits per heavy atom. The van der Waals surface area contributed by atoms with Crippen molar-refractivity contribution in [3.8, 4) is 17.2 Å². The van der Waals surface area contributed by atoms with Gasteiger partial charge in [0.15, 0.2) is 11.5 Å². The average molecular weight is 573 g/mol. The standard InChI is InChI=1S/C34H40N2O6/c1-6-35(7-2)18-19-36-31(25-14-17-28(41-8-3)29(21-25)40-5)30(33(38)34(36)39)32(37)26-15-16-27(23(4)20-26)42-22-24-12-10-9-11-13-24/h9-17,20-21,31,37H,6-8,18-19,22H2,1-5H3/t31-/m1/s1. The molecule has 42 heavy (non-hydrogen) atoms. The normalized spacial score (nSPS) is 16.2. The van der Waals surface area contributed by atoms with E-state index in [9.17, 15) is 14.7 Å². The van der Waals surface area contributed by atoms with Gasteiger partial charge in [0.05, 0.1) is 25.3 Å². The number of carbonyl (C=O) groups is 2. The molecule has 1 heterocycles. The third-order valence-corrected chi connectivity index (χ3v) is 7.58. The van der Waals surface area contributed by atoms with E-state index in [1.54, 1.807) is 42.3 Å². The highest BCUT2D eigenvalue weighted by atomic mass is 16.5. The summed E-state index contributed by atoms with van der Waals surface area (Å²) >= 11 is 0. The Bertz CT molecular complexity index is 1430. The smallest absolute Gasteiger partial charge is 0.295 e. The Balaban J connectivity index is 1.74. The van der Waals surface area contributed by atoms with Gasteiger partial charge in [-0.05, 0) is 74.0 Å². The van der Waals surface area contributed by atoms with E-state index in [0.717, 1.165) is 24.2 Å². The quantitative estimate of drug-likeness (QED) is 0.159. The molecule has 1 fully saturated rings. The number of aryl methyl sites for hydroxylation is 1. The number of Topliss-reactive ketones (excluding diaryl/α,β-unsaturated/α-hetero) is 1. The molecule has 1 atom stereocenters. The molecule has 0 aromatic heterocycles. The molecular weight excluding hydrogens is 532 g/mol. The molecule has 222 valence electrons. The lowest BCUT2D eigenvalue weighted by molar-refractivity contribution is -0.140. The maximum atomic E-state index is 13.5. The van der Waals surface area contributed by atoms with Gasteiger partial charge in [-0.25, -0.2) is 0 Å². The number of ketones is 1. The Morgan fingerprint density at radius 1 is 0.905 bits per heavy atom. The Morgan fingerprint density at radius 3 is 2.26 bits per heavy atom. The number of hydrogen-bond donors (Lipinski definition) is 1. The molecule has 0 radical (unpaired) electrons. The van der Waals surface area contributed by atoms with Gasteiger partial charge in [0.1, 0.15) is 18.1 Å². The highest BCUT2D eigenvalue weighted by Gasteiger charge is 2.46. The number of methoxy groups -OCH3 is 1. The van der Waals surface area contributed by atoms with Crippen LogP contribution >= 0.6 is 0 Å². The molecule has 3 aromatic carbocycles. The largest absolute Gasteiger partial charge is 0.507 e. The van der Waals surface area contributed by atoms with Crippen molar-refractivity contribution in [3.05, 3.63) is 94.6 Å². The minimum Gasteiger partial charge on any atom is -0.507 e. The van der Waals surface area contributed by atoms with E-state index in [1.807, 2.05) is 50.2 Å². The van der Waals surface area contributed by atoms with E-state index in [-0.39, 0.29) is 11.3 Å². The van der Waals surface area contributed by atoms with Crippen LogP contribution in [0.4, 0.5) is 0 Å². The number of nitrogens with zero attached hydrogens (tertiary/aromatic N) is 2. The summed E-state index contributed by atoms with van der Waals surface area (Å²) in [6.07, 6.45) is 0. The first-order valence-corrected chi connectivity index (χ1v) is 14.4. The number of carbonyl (C=O) groups excluding carboxylic acids is 2. The van der Waals surface area contributed by atoms with Gasteiger partial charge < -0.3 is 29.1 Å². The molecule has 0 saturated carbocycles. The van der Waals surface area contributed by atoms with Crippen LogP contribution in [-0.4, -0.2) is 66.5 Å². The number of aliphatic hydroxyl groups excluding tert-OH is 1. The molecule has 8 heteroatoms. The molecule has 1 aliphatic rings. The van der Waals surface area contributed by atoms with Crippen LogP contribution in [0.25, 0.3) is 5.76 Å². The SMILES string of the molecule is CCOc1ccc([C@@H]2C(=C(O)c3ccc(OCc4ccccc4)c(C)c3)C(=O)C(=O)N2CCN(CC)CC)cc1OC. The second-order valence-electron chi connectivity index (χ2n) is 10.1. The first-order chi connectivity index (χ1) is 20.3. The fourth-order valence-electron chi connectivity index (χ4n) is 5.22. The van der Waals surface area contributed by atoms with Crippen molar-refractivity contribution in [1.29, 1.82) is 0 Å². The lowest BCUT2D eigenvalue weighted by Crippen LogP contribution is -2.38. The van der Waals surface area contributed by atoms with Crippen LogP contribution < -0.4 is 14.2 Å². The Kier molecular flexibility index (Phi) is 10.3. The zero-order chi connectivity index (χ0) is 30.2. The molecule has 0 bridgehead atoms. The number of benzene rings is 3. The van der Waals surface area contributed by atoms with Crippen LogP contribution in [-0.2, 0) is 16.2 Å². The van der Waals surface area contributed by atoms with Crippen LogP contribution in [0.15, 0.2) is 72.3 Å². The van der Waals surface area contributed by atoms with Gasteiger partial charge in [-0.2, -0.15) is 0 Å². The van der Waals surface area contributed by atoms with Crippen LogP contribution in [0, 0.1) is 6.92 Å². The molecule has 0 unspecified atom stereocenters. The fourth-order valence-corrected chi connectivity index (χ4v) is 5.22. The highest BCUT2D eigenvalue weighted by Crippen LogP contribution is 2.42. The summed E-state index contributed by atoms with van der Waals surface area (Å²) in [7, 11) is 1.54. The lowest BCUT2D eigenvalue weighted by Gasteiger charge is -2.28. The topological polar surface area (TPSA) is 88.5 Å². The van der Waals surface area contributed by atoms with Gasteiger partial charge in [0, 0.05) is 18.7 Å². The number of hydrogen-bond acceptors (Lipinski definition) is 7. The summed E-state index contributed by atoms with van der Waals surface area (Å²) in [5.74, 6) is 0.134.